The molecule has 6 heteroatoms. The summed E-state index contributed by atoms with van der Waals surface area (Å²) >= 11 is 0. The summed E-state index contributed by atoms with van der Waals surface area (Å²) in [4.78, 5) is 4.18. The Kier molecular flexibility index (Phi) is 3.44. The van der Waals surface area contributed by atoms with Crippen LogP contribution in [0.25, 0.3) is 5.57 Å². The maximum atomic E-state index is 13.1. The number of aliphatic imine (C=N–C) groups is 1. The number of phenolic OH excluding ortho intramolecular Hbond substituents is 1. The van der Waals surface area contributed by atoms with Crippen molar-refractivity contribution in [3.63, 3.8) is 0 Å². The van der Waals surface area contributed by atoms with Gasteiger partial charge in [0, 0.05) is 23.0 Å². The first-order chi connectivity index (χ1) is 10.2. The van der Waals surface area contributed by atoms with Gasteiger partial charge >= 0.3 is 7.40 Å². The van der Waals surface area contributed by atoms with E-state index in [0.29, 0.717) is 22.5 Å². The molecule has 0 spiro atoms. The van der Waals surface area contributed by atoms with Crippen LogP contribution in [0.5, 0.6) is 5.75 Å². The van der Waals surface area contributed by atoms with Gasteiger partial charge in [0.15, 0.2) is 0 Å². The number of phenols is 1. The molecule has 2 aromatic rings. The molecule has 104 valence electrons. The van der Waals surface area contributed by atoms with Crippen LogP contribution in [0.1, 0.15) is 11.3 Å². The van der Waals surface area contributed by atoms with E-state index in [9.17, 15) is 13.7 Å². The van der Waals surface area contributed by atoms with E-state index in [2.05, 4.69) is 4.99 Å². The van der Waals surface area contributed by atoms with E-state index in [1.165, 1.54) is 12.3 Å². The Labute approximate surface area is 120 Å². The standard InChI is InChI=1S/C15H11BF2N2O/c17-16(18)20-10-4-7-13(20)15(12-6-3-9-19-12)11-5-1-2-8-14(11)21/h1-10,21H/b15-12-. The Morgan fingerprint density at radius 1 is 1.14 bits per heavy atom. The van der Waals surface area contributed by atoms with Crippen molar-refractivity contribution in [2.24, 2.45) is 4.99 Å². The van der Waals surface area contributed by atoms with Crippen molar-refractivity contribution in [3.8, 4) is 5.75 Å². The van der Waals surface area contributed by atoms with Gasteiger partial charge < -0.3 is 9.58 Å². The number of benzene rings is 1. The summed E-state index contributed by atoms with van der Waals surface area (Å²) < 4.78 is 27.1. The van der Waals surface area contributed by atoms with Crippen LogP contribution in [0.2, 0.25) is 0 Å². The smallest absolute Gasteiger partial charge is 0.507 e. The van der Waals surface area contributed by atoms with Crippen molar-refractivity contribution in [2.75, 3.05) is 0 Å². The predicted molar refractivity (Wildman–Crippen MR) is 79.6 cm³/mol. The topological polar surface area (TPSA) is 37.5 Å². The molecule has 0 radical (unpaired) electrons. The first kappa shape index (κ1) is 13.4. The van der Waals surface area contributed by atoms with Crippen LogP contribution >= 0.6 is 0 Å². The Hall–Kier alpha value is -2.63. The average molecular weight is 284 g/mol. The number of para-hydroxylation sites is 1. The third-order valence-electron chi connectivity index (χ3n) is 3.23. The molecule has 0 unspecified atom stereocenters. The van der Waals surface area contributed by atoms with Crippen molar-refractivity contribution in [1.29, 1.82) is 0 Å². The number of aromatic nitrogens is 1. The van der Waals surface area contributed by atoms with Gasteiger partial charge in [-0.05, 0) is 36.5 Å². The Morgan fingerprint density at radius 3 is 2.62 bits per heavy atom. The number of allylic oxidation sites excluding steroid dienone is 2. The minimum absolute atomic E-state index is 0.0255. The summed E-state index contributed by atoms with van der Waals surface area (Å²) in [5.74, 6) is 0.0255. The molecule has 21 heavy (non-hydrogen) atoms. The van der Waals surface area contributed by atoms with E-state index >= 15 is 0 Å². The zero-order chi connectivity index (χ0) is 14.8. The summed E-state index contributed by atoms with van der Waals surface area (Å²) in [6, 6.07) is 9.76. The molecule has 1 aliphatic heterocycles. The van der Waals surface area contributed by atoms with Crippen molar-refractivity contribution in [1.82, 2.24) is 4.48 Å². The van der Waals surface area contributed by atoms with Gasteiger partial charge in [-0.1, -0.05) is 18.2 Å². The molecule has 1 N–H and O–H groups in total. The second-order valence-electron chi connectivity index (χ2n) is 4.49. The molecule has 1 aromatic carbocycles. The molecule has 1 aliphatic rings. The molecule has 0 saturated heterocycles. The van der Waals surface area contributed by atoms with Gasteiger partial charge in [0.05, 0.1) is 5.70 Å². The zero-order valence-corrected chi connectivity index (χ0v) is 10.9. The molecular formula is C15H11BF2N2O. The molecule has 0 atom stereocenters. The largest absolute Gasteiger partial charge is 0.677 e. The van der Waals surface area contributed by atoms with Gasteiger partial charge in [-0.2, -0.15) is 0 Å². The van der Waals surface area contributed by atoms with E-state index in [1.54, 1.807) is 48.7 Å². The molecule has 2 heterocycles. The Bertz CT molecular complexity index is 749. The van der Waals surface area contributed by atoms with Crippen LogP contribution in [-0.2, 0) is 0 Å². The lowest BCUT2D eigenvalue weighted by atomic mass is 9.98. The van der Waals surface area contributed by atoms with E-state index in [-0.39, 0.29) is 5.75 Å². The highest BCUT2D eigenvalue weighted by Gasteiger charge is 2.24. The van der Waals surface area contributed by atoms with E-state index in [0.717, 1.165) is 4.48 Å². The van der Waals surface area contributed by atoms with Crippen LogP contribution in [0.15, 0.2) is 65.4 Å². The molecule has 0 bridgehead atoms. The summed E-state index contributed by atoms with van der Waals surface area (Å²) in [5.41, 5.74) is 1.79. The quantitative estimate of drug-likeness (QED) is 0.862. The molecule has 0 saturated carbocycles. The number of hydrogen-bond acceptors (Lipinski definition) is 2. The molecule has 0 amide bonds. The average Bonchev–Trinajstić information content (AvgIpc) is 3.13. The minimum Gasteiger partial charge on any atom is -0.507 e. The first-order valence-electron chi connectivity index (χ1n) is 6.37. The molecule has 3 rings (SSSR count). The van der Waals surface area contributed by atoms with Crippen LogP contribution in [-0.4, -0.2) is 23.2 Å². The normalized spacial score (nSPS) is 15.5. The fourth-order valence-electron chi connectivity index (χ4n) is 2.32. The monoisotopic (exact) mass is 284 g/mol. The molecule has 0 fully saturated rings. The lowest BCUT2D eigenvalue weighted by Gasteiger charge is -2.13. The van der Waals surface area contributed by atoms with Gasteiger partial charge in [0.2, 0.25) is 0 Å². The predicted octanol–water partition coefficient (Wildman–Crippen LogP) is 3.37. The number of aromatic hydroxyl groups is 1. The fourth-order valence-corrected chi connectivity index (χ4v) is 2.32. The van der Waals surface area contributed by atoms with Crippen molar-refractivity contribution < 1.29 is 13.7 Å². The van der Waals surface area contributed by atoms with Crippen molar-refractivity contribution in [3.05, 3.63) is 71.7 Å². The first-order valence-corrected chi connectivity index (χ1v) is 6.37. The number of nitrogens with zero attached hydrogens (tertiary/aromatic N) is 2. The molecule has 1 aromatic heterocycles. The summed E-state index contributed by atoms with van der Waals surface area (Å²) in [6.07, 6.45) is 6.35. The van der Waals surface area contributed by atoms with E-state index in [1.807, 2.05) is 0 Å². The Morgan fingerprint density at radius 2 is 1.95 bits per heavy atom. The van der Waals surface area contributed by atoms with Gasteiger partial charge in [0.1, 0.15) is 5.75 Å². The highest BCUT2D eigenvalue weighted by molar-refractivity contribution is 6.41. The summed E-state index contributed by atoms with van der Waals surface area (Å²) in [7, 11) is -2.66. The second kappa shape index (κ2) is 5.40. The molecular weight excluding hydrogens is 273 g/mol. The number of halogens is 2. The van der Waals surface area contributed by atoms with Gasteiger partial charge in [0.25, 0.3) is 0 Å². The van der Waals surface area contributed by atoms with Gasteiger partial charge in [-0.25, -0.2) is 0 Å². The van der Waals surface area contributed by atoms with Gasteiger partial charge in [-0.3, -0.25) is 13.6 Å². The minimum atomic E-state index is -2.66. The van der Waals surface area contributed by atoms with Crippen molar-refractivity contribution in [2.45, 2.75) is 0 Å². The van der Waals surface area contributed by atoms with Crippen LogP contribution in [0.3, 0.4) is 0 Å². The van der Waals surface area contributed by atoms with E-state index < -0.39 is 7.40 Å². The number of rotatable bonds is 3. The lowest BCUT2D eigenvalue weighted by Crippen LogP contribution is -2.15. The summed E-state index contributed by atoms with van der Waals surface area (Å²) in [5, 5.41) is 10.1. The highest BCUT2D eigenvalue weighted by atomic mass is 19.2. The second-order valence-corrected chi connectivity index (χ2v) is 4.49. The maximum Gasteiger partial charge on any atom is 0.677 e. The number of hydrogen-bond donors (Lipinski definition) is 1. The zero-order valence-electron chi connectivity index (χ0n) is 10.9. The van der Waals surface area contributed by atoms with Crippen LogP contribution in [0, 0.1) is 0 Å². The SMILES string of the molecule is Oc1ccccc1/C(=C1\C=CC=N1)c1cccn1B(F)F. The maximum absolute atomic E-state index is 13.1. The van der Waals surface area contributed by atoms with Crippen LogP contribution < -0.4 is 0 Å². The lowest BCUT2D eigenvalue weighted by molar-refractivity contribution is 0.473. The van der Waals surface area contributed by atoms with Crippen molar-refractivity contribution >= 4 is 19.2 Å². The van der Waals surface area contributed by atoms with E-state index in [4.69, 9.17) is 0 Å². The fraction of sp³-hybridized carbons (Fsp3) is 0. The third kappa shape index (κ3) is 2.40. The molecule has 3 nitrogen and oxygen atoms in total. The van der Waals surface area contributed by atoms with Gasteiger partial charge in [-0.15, -0.1) is 0 Å². The molecule has 0 aliphatic carbocycles. The third-order valence-corrected chi connectivity index (χ3v) is 3.23. The summed E-state index contributed by atoms with van der Waals surface area (Å²) in [6.45, 7) is 0. The van der Waals surface area contributed by atoms with Crippen LogP contribution in [0.4, 0.5) is 8.63 Å². The Balaban J connectivity index is 2.27. The highest BCUT2D eigenvalue weighted by Crippen LogP contribution is 2.34.